The summed E-state index contributed by atoms with van der Waals surface area (Å²) < 4.78 is 1.62. The van der Waals surface area contributed by atoms with Crippen LogP contribution in [0.25, 0.3) is 5.82 Å². The van der Waals surface area contributed by atoms with Crippen LogP contribution in [-0.2, 0) is 0 Å². The molecule has 0 radical (unpaired) electrons. The number of hydrogen-bond donors (Lipinski definition) is 1. The predicted octanol–water partition coefficient (Wildman–Crippen LogP) is 0.721. The van der Waals surface area contributed by atoms with Crippen LogP contribution in [0, 0.1) is 11.3 Å². The molecule has 0 saturated heterocycles. The summed E-state index contributed by atoms with van der Waals surface area (Å²) in [6.45, 7) is 0. The lowest BCUT2D eigenvalue weighted by Crippen LogP contribution is -2.03. The van der Waals surface area contributed by atoms with Crippen molar-refractivity contribution in [1.82, 2.24) is 14.5 Å². The third-order valence-electron chi connectivity index (χ3n) is 1.81. The molecule has 5 heteroatoms. The van der Waals surface area contributed by atoms with Gasteiger partial charge in [-0.15, -0.1) is 0 Å². The Morgan fingerprint density at radius 1 is 1.50 bits per heavy atom. The van der Waals surface area contributed by atoms with E-state index in [0.29, 0.717) is 17.2 Å². The maximum atomic E-state index is 8.80. The Kier molecular flexibility index (Phi) is 1.88. The summed E-state index contributed by atoms with van der Waals surface area (Å²) in [7, 11) is 0. The van der Waals surface area contributed by atoms with Gasteiger partial charge in [-0.25, -0.2) is 9.97 Å². The number of nitrogen functional groups attached to an aromatic ring is 1. The molecule has 0 aliphatic heterocycles. The van der Waals surface area contributed by atoms with Crippen LogP contribution in [0.2, 0.25) is 0 Å². The molecule has 5 nitrogen and oxygen atoms in total. The van der Waals surface area contributed by atoms with Gasteiger partial charge in [-0.1, -0.05) is 0 Å². The van der Waals surface area contributed by atoms with Crippen molar-refractivity contribution in [3.05, 3.63) is 36.5 Å². The third kappa shape index (κ3) is 1.19. The molecular weight excluding hydrogens is 178 g/mol. The average Bonchev–Trinajstić information content (AvgIpc) is 2.66. The van der Waals surface area contributed by atoms with E-state index in [2.05, 4.69) is 9.97 Å². The lowest BCUT2D eigenvalue weighted by molar-refractivity contribution is 0.972. The van der Waals surface area contributed by atoms with Crippen LogP contribution in [-0.4, -0.2) is 14.5 Å². The smallest absolute Gasteiger partial charge is 0.164 e. The lowest BCUT2D eigenvalue weighted by atomic mass is 10.4. The molecule has 2 N–H and O–H groups in total. The minimum Gasteiger partial charge on any atom is -0.394 e. The molecule has 0 aliphatic carbocycles. The molecule has 68 valence electrons. The van der Waals surface area contributed by atoms with E-state index in [9.17, 15) is 0 Å². The molecule has 2 aromatic rings. The first-order valence-electron chi connectivity index (χ1n) is 3.96. The lowest BCUT2D eigenvalue weighted by Gasteiger charge is -2.04. The summed E-state index contributed by atoms with van der Waals surface area (Å²) in [6.07, 6.45) is 4.63. The Hall–Kier alpha value is -2.35. The minimum absolute atomic E-state index is 0.445. The van der Waals surface area contributed by atoms with Crippen molar-refractivity contribution >= 4 is 5.69 Å². The van der Waals surface area contributed by atoms with Gasteiger partial charge in [0.2, 0.25) is 0 Å². The highest BCUT2D eigenvalue weighted by Crippen LogP contribution is 2.14. The van der Waals surface area contributed by atoms with Crippen LogP contribution >= 0.6 is 0 Å². The Bertz CT molecular complexity index is 494. The number of anilines is 1. The second-order valence-corrected chi connectivity index (χ2v) is 2.68. The van der Waals surface area contributed by atoms with E-state index < -0.39 is 0 Å². The molecule has 0 bridgehead atoms. The summed E-state index contributed by atoms with van der Waals surface area (Å²) in [5.74, 6) is 0.529. The zero-order valence-electron chi connectivity index (χ0n) is 7.25. The molecule has 0 aromatic carbocycles. The van der Waals surface area contributed by atoms with Crippen LogP contribution in [0.15, 0.2) is 30.9 Å². The average molecular weight is 185 g/mol. The Labute approximate surface area is 80.4 Å². The van der Waals surface area contributed by atoms with Crippen LogP contribution in [0.1, 0.15) is 5.69 Å². The van der Waals surface area contributed by atoms with E-state index in [1.807, 2.05) is 6.07 Å². The predicted molar refractivity (Wildman–Crippen MR) is 50.5 cm³/mol. The van der Waals surface area contributed by atoms with Gasteiger partial charge in [-0.2, -0.15) is 5.26 Å². The molecule has 0 atom stereocenters. The Morgan fingerprint density at radius 3 is 3.07 bits per heavy atom. The van der Waals surface area contributed by atoms with Gasteiger partial charge >= 0.3 is 0 Å². The maximum absolute atomic E-state index is 8.80. The fourth-order valence-corrected chi connectivity index (χ4v) is 1.19. The van der Waals surface area contributed by atoms with E-state index in [-0.39, 0.29) is 0 Å². The maximum Gasteiger partial charge on any atom is 0.164 e. The molecule has 0 saturated carbocycles. The molecule has 0 amide bonds. The van der Waals surface area contributed by atoms with Crippen molar-refractivity contribution in [3.63, 3.8) is 0 Å². The van der Waals surface area contributed by atoms with E-state index in [4.69, 9.17) is 11.0 Å². The van der Waals surface area contributed by atoms with Gasteiger partial charge in [0, 0.05) is 6.20 Å². The third-order valence-corrected chi connectivity index (χ3v) is 1.81. The van der Waals surface area contributed by atoms with Crippen molar-refractivity contribution in [2.45, 2.75) is 0 Å². The molecular formula is C9H7N5. The largest absolute Gasteiger partial charge is 0.394 e. The molecule has 0 fully saturated rings. The van der Waals surface area contributed by atoms with E-state index in [0.717, 1.165) is 0 Å². The van der Waals surface area contributed by atoms with Crippen molar-refractivity contribution in [2.75, 3.05) is 5.73 Å². The van der Waals surface area contributed by atoms with Crippen molar-refractivity contribution in [2.24, 2.45) is 0 Å². The number of nitrogens with zero attached hydrogens (tertiary/aromatic N) is 4. The molecule has 14 heavy (non-hydrogen) atoms. The van der Waals surface area contributed by atoms with Gasteiger partial charge in [0.25, 0.3) is 0 Å². The zero-order chi connectivity index (χ0) is 9.97. The van der Waals surface area contributed by atoms with E-state index >= 15 is 0 Å². The van der Waals surface area contributed by atoms with Crippen LogP contribution in [0.3, 0.4) is 0 Å². The summed E-state index contributed by atoms with van der Waals surface area (Å²) in [4.78, 5) is 7.78. The highest BCUT2D eigenvalue weighted by atomic mass is 15.1. The molecule has 0 spiro atoms. The van der Waals surface area contributed by atoms with Crippen LogP contribution in [0.4, 0.5) is 5.69 Å². The first-order chi connectivity index (χ1) is 6.83. The fourth-order valence-electron chi connectivity index (χ4n) is 1.19. The molecule has 2 heterocycles. The fraction of sp³-hybridized carbons (Fsp3) is 0. The number of rotatable bonds is 1. The van der Waals surface area contributed by atoms with Crippen molar-refractivity contribution in [3.8, 4) is 11.9 Å². The molecule has 2 aromatic heterocycles. The van der Waals surface area contributed by atoms with Gasteiger partial charge in [0.05, 0.1) is 11.9 Å². The molecule has 0 unspecified atom stereocenters. The summed E-state index contributed by atoms with van der Waals surface area (Å²) in [5.41, 5.74) is 6.62. The normalized spacial score (nSPS) is 9.64. The topological polar surface area (TPSA) is 80.5 Å². The Morgan fingerprint density at radius 2 is 2.36 bits per heavy atom. The van der Waals surface area contributed by atoms with Gasteiger partial charge in [0.1, 0.15) is 18.1 Å². The van der Waals surface area contributed by atoms with Gasteiger partial charge in [0.15, 0.2) is 5.82 Å². The Balaban J connectivity index is 2.62. The summed E-state index contributed by atoms with van der Waals surface area (Å²) in [5, 5.41) is 8.80. The summed E-state index contributed by atoms with van der Waals surface area (Å²) >= 11 is 0. The second-order valence-electron chi connectivity index (χ2n) is 2.68. The molecule has 0 aliphatic rings. The minimum atomic E-state index is 0.445. The highest BCUT2D eigenvalue weighted by Gasteiger charge is 2.06. The monoisotopic (exact) mass is 185 g/mol. The van der Waals surface area contributed by atoms with Crippen molar-refractivity contribution < 1.29 is 0 Å². The second kappa shape index (κ2) is 3.18. The quantitative estimate of drug-likeness (QED) is 0.709. The number of nitriles is 1. The summed E-state index contributed by atoms with van der Waals surface area (Å²) in [6, 6.07) is 5.51. The van der Waals surface area contributed by atoms with E-state index in [1.165, 1.54) is 12.5 Å². The number of nitrogens with two attached hydrogens (primary N) is 1. The van der Waals surface area contributed by atoms with E-state index in [1.54, 1.807) is 22.9 Å². The first-order valence-corrected chi connectivity index (χ1v) is 3.96. The highest BCUT2D eigenvalue weighted by molar-refractivity contribution is 5.52. The zero-order valence-corrected chi connectivity index (χ0v) is 7.25. The number of hydrogen-bond acceptors (Lipinski definition) is 4. The van der Waals surface area contributed by atoms with Gasteiger partial charge in [-0.3, -0.25) is 4.57 Å². The van der Waals surface area contributed by atoms with Gasteiger partial charge < -0.3 is 5.73 Å². The van der Waals surface area contributed by atoms with Crippen LogP contribution in [0.5, 0.6) is 0 Å². The number of aromatic nitrogens is 3. The first kappa shape index (κ1) is 8.26. The van der Waals surface area contributed by atoms with Crippen LogP contribution < -0.4 is 5.73 Å². The van der Waals surface area contributed by atoms with Crippen molar-refractivity contribution in [1.29, 1.82) is 5.26 Å². The van der Waals surface area contributed by atoms with Gasteiger partial charge in [-0.05, 0) is 12.1 Å². The molecule has 2 rings (SSSR count). The standard InChI is InChI=1S/C9H7N5/c10-4-7-2-1-3-14(7)9-8(11)5-12-6-13-9/h1-3,5-6H,11H2. The SMILES string of the molecule is N#Cc1cccn1-c1ncncc1N.